The van der Waals surface area contributed by atoms with Gasteiger partial charge >= 0.3 is 0 Å². The van der Waals surface area contributed by atoms with E-state index >= 15 is 0 Å². The molecule has 0 aromatic heterocycles. The number of hydrogen-bond acceptors (Lipinski definition) is 4. The van der Waals surface area contributed by atoms with Crippen molar-refractivity contribution in [3.63, 3.8) is 0 Å². The fourth-order valence-electron chi connectivity index (χ4n) is 4.00. The quantitative estimate of drug-likeness (QED) is 0.843. The van der Waals surface area contributed by atoms with Crippen LogP contribution in [0.1, 0.15) is 52.4 Å². The van der Waals surface area contributed by atoms with Crippen LogP contribution in [0.2, 0.25) is 0 Å². The van der Waals surface area contributed by atoms with Crippen LogP contribution >= 0.6 is 0 Å². The zero-order valence-corrected chi connectivity index (χ0v) is 14.7. The molecule has 1 atom stereocenters. The lowest BCUT2D eigenvalue weighted by Gasteiger charge is -2.52. The maximum absolute atomic E-state index is 11.6. The molecule has 21 heavy (non-hydrogen) atoms. The fraction of sp³-hybridized carbons (Fsp3) is 1.00. The molecule has 1 heterocycles. The van der Waals surface area contributed by atoms with E-state index in [-0.39, 0.29) is 5.54 Å². The Morgan fingerprint density at radius 3 is 2.48 bits per heavy atom. The number of rotatable bonds is 5. The van der Waals surface area contributed by atoms with Gasteiger partial charge in [-0.15, -0.1) is 0 Å². The average molecular weight is 317 g/mol. The van der Waals surface area contributed by atoms with Gasteiger partial charge in [-0.05, 0) is 25.2 Å². The molecule has 124 valence electrons. The van der Waals surface area contributed by atoms with Crippen molar-refractivity contribution in [2.24, 2.45) is 5.92 Å². The van der Waals surface area contributed by atoms with E-state index in [0.29, 0.717) is 24.3 Å². The standard InChI is InChI=1S/C16H32N2O2S/c1-14(2)11-15-12-18(9-10-21(3,19)20)16(13-17-15)7-5-4-6-8-16/h14-15,17H,4-13H2,1-3H3. The van der Waals surface area contributed by atoms with Crippen molar-refractivity contribution >= 4 is 9.84 Å². The molecule has 1 N–H and O–H groups in total. The normalized spacial score (nSPS) is 27.3. The number of sulfone groups is 1. The maximum Gasteiger partial charge on any atom is 0.148 e. The summed E-state index contributed by atoms with van der Waals surface area (Å²) in [7, 11) is -2.88. The average Bonchev–Trinajstić information content (AvgIpc) is 2.39. The third-order valence-corrected chi connectivity index (χ3v) is 6.03. The topological polar surface area (TPSA) is 49.4 Å². The predicted octanol–water partition coefficient (Wildman–Crippen LogP) is 2.05. The van der Waals surface area contributed by atoms with E-state index in [4.69, 9.17) is 0 Å². The van der Waals surface area contributed by atoms with Gasteiger partial charge in [0.1, 0.15) is 9.84 Å². The molecule has 0 aromatic carbocycles. The van der Waals surface area contributed by atoms with E-state index in [1.54, 1.807) is 0 Å². The monoisotopic (exact) mass is 316 g/mol. The van der Waals surface area contributed by atoms with Crippen LogP contribution in [0.4, 0.5) is 0 Å². The lowest BCUT2D eigenvalue weighted by Crippen LogP contribution is -2.66. The van der Waals surface area contributed by atoms with Crippen LogP contribution in [-0.4, -0.2) is 56.5 Å². The van der Waals surface area contributed by atoms with Crippen LogP contribution in [0.5, 0.6) is 0 Å². The molecule has 1 aliphatic heterocycles. The molecule has 1 saturated carbocycles. The summed E-state index contributed by atoms with van der Waals surface area (Å²) in [5, 5.41) is 3.75. The van der Waals surface area contributed by atoms with Crippen LogP contribution in [0, 0.1) is 5.92 Å². The van der Waals surface area contributed by atoms with E-state index in [2.05, 4.69) is 24.1 Å². The van der Waals surface area contributed by atoms with Crippen LogP contribution < -0.4 is 5.32 Å². The fourth-order valence-corrected chi connectivity index (χ4v) is 4.56. The summed E-state index contributed by atoms with van der Waals surface area (Å²) in [6.07, 6.45) is 8.87. The van der Waals surface area contributed by atoms with Gasteiger partial charge in [-0.25, -0.2) is 8.42 Å². The largest absolute Gasteiger partial charge is 0.311 e. The molecule has 0 aromatic rings. The number of nitrogens with zero attached hydrogens (tertiary/aromatic N) is 1. The van der Waals surface area contributed by atoms with Crippen molar-refractivity contribution in [2.45, 2.75) is 64.0 Å². The van der Waals surface area contributed by atoms with Gasteiger partial charge in [-0.2, -0.15) is 0 Å². The molecule has 2 aliphatic rings. The van der Waals surface area contributed by atoms with Gasteiger partial charge in [0, 0.05) is 37.5 Å². The zero-order valence-electron chi connectivity index (χ0n) is 13.9. The zero-order chi connectivity index (χ0) is 15.5. The molecule has 0 amide bonds. The lowest BCUT2D eigenvalue weighted by atomic mass is 9.78. The smallest absolute Gasteiger partial charge is 0.148 e. The number of piperazine rings is 1. The minimum absolute atomic E-state index is 0.219. The van der Waals surface area contributed by atoms with Crippen molar-refractivity contribution < 1.29 is 8.42 Å². The molecular weight excluding hydrogens is 284 g/mol. The minimum atomic E-state index is -2.88. The summed E-state index contributed by atoms with van der Waals surface area (Å²) in [5.41, 5.74) is 0.219. The summed E-state index contributed by atoms with van der Waals surface area (Å²) < 4.78 is 23.1. The number of hydrogen-bond donors (Lipinski definition) is 1. The van der Waals surface area contributed by atoms with Gasteiger partial charge in [-0.1, -0.05) is 33.1 Å². The maximum atomic E-state index is 11.6. The SMILES string of the molecule is CC(C)CC1CN(CCS(C)(=O)=O)C2(CCCCC2)CN1. The Balaban J connectivity index is 2.05. The highest BCUT2D eigenvalue weighted by Crippen LogP contribution is 2.35. The van der Waals surface area contributed by atoms with Gasteiger partial charge in [0.2, 0.25) is 0 Å². The molecule has 2 rings (SSSR count). The van der Waals surface area contributed by atoms with Gasteiger partial charge in [-0.3, -0.25) is 4.90 Å². The number of nitrogens with one attached hydrogen (secondary N) is 1. The molecule has 4 nitrogen and oxygen atoms in total. The summed E-state index contributed by atoms with van der Waals surface area (Å²) in [6, 6.07) is 0.511. The first-order valence-corrected chi connectivity index (χ1v) is 10.5. The summed E-state index contributed by atoms with van der Waals surface area (Å²) in [5.74, 6) is 0.975. The van der Waals surface area contributed by atoms with Gasteiger partial charge < -0.3 is 5.32 Å². The summed E-state index contributed by atoms with van der Waals surface area (Å²) in [6.45, 7) is 7.26. The van der Waals surface area contributed by atoms with E-state index < -0.39 is 9.84 Å². The Labute approximate surface area is 130 Å². The molecule has 1 spiro atoms. The van der Waals surface area contributed by atoms with Crippen molar-refractivity contribution in [3.05, 3.63) is 0 Å². The van der Waals surface area contributed by atoms with E-state index in [1.165, 1.54) is 44.8 Å². The third kappa shape index (κ3) is 4.93. The Morgan fingerprint density at radius 1 is 1.24 bits per heavy atom. The third-order valence-electron chi connectivity index (χ3n) is 5.10. The molecule has 1 unspecified atom stereocenters. The molecule has 0 bridgehead atoms. The van der Waals surface area contributed by atoms with Crippen LogP contribution in [0.25, 0.3) is 0 Å². The van der Waals surface area contributed by atoms with Crippen LogP contribution in [0.3, 0.4) is 0 Å². The molecule has 2 fully saturated rings. The highest BCUT2D eigenvalue weighted by atomic mass is 32.2. The second-order valence-electron chi connectivity index (χ2n) is 7.57. The summed E-state index contributed by atoms with van der Waals surface area (Å²) >= 11 is 0. The first-order chi connectivity index (χ1) is 9.81. The molecular formula is C16H32N2O2S. The molecule has 5 heteroatoms. The molecule has 0 radical (unpaired) electrons. The Kier molecular flexibility index (Phi) is 5.71. The molecule has 1 aliphatic carbocycles. The molecule has 1 saturated heterocycles. The first kappa shape index (κ1) is 17.2. The highest BCUT2D eigenvalue weighted by Gasteiger charge is 2.42. The second kappa shape index (κ2) is 6.97. The van der Waals surface area contributed by atoms with Crippen LogP contribution in [-0.2, 0) is 9.84 Å². The van der Waals surface area contributed by atoms with Crippen molar-refractivity contribution in [1.29, 1.82) is 0 Å². The highest BCUT2D eigenvalue weighted by molar-refractivity contribution is 7.90. The van der Waals surface area contributed by atoms with Crippen molar-refractivity contribution in [3.8, 4) is 0 Å². The Morgan fingerprint density at radius 2 is 1.90 bits per heavy atom. The van der Waals surface area contributed by atoms with Crippen molar-refractivity contribution in [1.82, 2.24) is 10.2 Å². The van der Waals surface area contributed by atoms with Crippen molar-refractivity contribution in [2.75, 3.05) is 31.6 Å². The van der Waals surface area contributed by atoms with E-state index in [9.17, 15) is 8.42 Å². The van der Waals surface area contributed by atoms with Gasteiger partial charge in [0.15, 0.2) is 0 Å². The summed E-state index contributed by atoms with van der Waals surface area (Å²) in [4.78, 5) is 2.51. The Bertz CT molecular complexity index is 428. The second-order valence-corrected chi connectivity index (χ2v) is 9.83. The lowest BCUT2D eigenvalue weighted by molar-refractivity contribution is 0.0114. The van der Waals surface area contributed by atoms with Crippen LogP contribution in [0.15, 0.2) is 0 Å². The van der Waals surface area contributed by atoms with Gasteiger partial charge in [0.05, 0.1) is 5.75 Å². The Hall–Kier alpha value is -0.130. The minimum Gasteiger partial charge on any atom is -0.311 e. The van der Waals surface area contributed by atoms with E-state index in [1.807, 2.05) is 0 Å². The predicted molar refractivity (Wildman–Crippen MR) is 88.3 cm³/mol. The van der Waals surface area contributed by atoms with E-state index in [0.717, 1.165) is 13.1 Å². The van der Waals surface area contributed by atoms with Gasteiger partial charge in [0.25, 0.3) is 0 Å². The first-order valence-electron chi connectivity index (χ1n) is 8.47.